The van der Waals surface area contributed by atoms with Gasteiger partial charge in [-0.3, -0.25) is 4.79 Å². The maximum absolute atomic E-state index is 13.1. The first kappa shape index (κ1) is 14.8. The number of carbonyl (C=O) groups is 2. The molecule has 0 fully saturated rings. The maximum atomic E-state index is 13.1. The van der Waals surface area contributed by atoms with E-state index in [1.54, 1.807) is 13.0 Å². The van der Waals surface area contributed by atoms with E-state index in [2.05, 4.69) is 5.32 Å². The van der Waals surface area contributed by atoms with Gasteiger partial charge in [-0.05, 0) is 19.4 Å². The van der Waals surface area contributed by atoms with Gasteiger partial charge in [-0.15, -0.1) is 0 Å². The number of carbonyl (C=O) groups excluding carboxylic acids is 1. The van der Waals surface area contributed by atoms with E-state index in [9.17, 15) is 18.4 Å². The van der Waals surface area contributed by atoms with E-state index in [4.69, 9.17) is 5.11 Å². The lowest BCUT2D eigenvalue weighted by atomic mass is 10.1. The zero-order chi connectivity index (χ0) is 14.6. The summed E-state index contributed by atoms with van der Waals surface area (Å²) in [5.41, 5.74) is -0.416. The molecule has 6 heteroatoms. The molecular formula is C13H13F2NO3. The van der Waals surface area contributed by atoms with Gasteiger partial charge in [0.1, 0.15) is 0 Å². The molecule has 0 atom stereocenters. The van der Waals surface area contributed by atoms with Gasteiger partial charge in [-0.1, -0.05) is 13.0 Å². The van der Waals surface area contributed by atoms with E-state index < -0.39 is 29.1 Å². The number of allylic oxidation sites excluding steroid dienone is 1. The van der Waals surface area contributed by atoms with Crippen LogP contribution in [0.5, 0.6) is 0 Å². The summed E-state index contributed by atoms with van der Waals surface area (Å²) in [5, 5.41) is 11.1. The highest BCUT2D eigenvalue weighted by Gasteiger charge is 2.17. The summed E-state index contributed by atoms with van der Waals surface area (Å²) in [6.45, 7) is 3.37. The van der Waals surface area contributed by atoms with E-state index in [1.807, 2.05) is 6.92 Å². The Morgan fingerprint density at radius 2 is 1.89 bits per heavy atom. The molecule has 1 aromatic carbocycles. The summed E-state index contributed by atoms with van der Waals surface area (Å²) in [4.78, 5) is 22.6. The van der Waals surface area contributed by atoms with Crippen molar-refractivity contribution in [3.8, 4) is 0 Å². The lowest BCUT2D eigenvalue weighted by Crippen LogP contribution is -2.16. The van der Waals surface area contributed by atoms with Crippen LogP contribution < -0.4 is 5.32 Å². The Morgan fingerprint density at radius 1 is 1.32 bits per heavy atom. The van der Waals surface area contributed by atoms with Crippen molar-refractivity contribution in [2.45, 2.75) is 20.3 Å². The summed E-state index contributed by atoms with van der Waals surface area (Å²) in [7, 11) is 0. The van der Waals surface area contributed by atoms with Gasteiger partial charge >= 0.3 is 5.97 Å². The third-order valence-electron chi connectivity index (χ3n) is 2.41. The van der Waals surface area contributed by atoms with Crippen molar-refractivity contribution in [3.63, 3.8) is 0 Å². The molecule has 0 aliphatic carbocycles. The molecule has 0 saturated heterocycles. The standard InChI is InChI=1S/C13H13F2NO3/c1-3-4-7(2)12(17)16-11-6-10(15)9(14)5-8(11)13(18)19/h4-6H,3H2,1-2H3,(H,16,17)(H,18,19). The van der Waals surface area contributed by atoms with Crippen LogP contribution in [0.2, 0.25) is 0 Å². The molecular weight excluding hydrogens is 256 g/mol. The average Bonchev–Trinajstić information content (AvgIpc) is 2.33. The lowest BCUT2D eigenvalue weighted by molar-refractivity contribution is -0.112. The van der Waals surface area contributed by atoms with Crippen molar-refractivity contribution in [3.05, 3.63) is 41.0 Å². The Bertz CT molecular complexity index is 553. The molecule has 0 saturated carbocycles. The molecule has 1 aromatic rings. The van der Waals surface area contributed by atoms with Crippen LogP contribution in [0.15, 0.2) is 23.8 Å². The first-order valence-electron chi connectivity index (χ1n) is 5.57. The van der Waals surface area contributed by atoms with Gasteiger partial charge < -0.3 is 10.4 Å². The molecule has 0 spiro atoms. The summed E-state index contributed by atoms with van der Waals surface area (Å²) in [6.07, 6.45) is 2.26. The molecule has 0 unspecified atom stereocenters. The van der Waals surface area contributed by atoms with Crippen molar-refractivity contribution < 1.29 is 23.5 Å². The Morgan fingerprint density at radius 3 is 2.42 bits per heavy atom. The number of benzene rings is 1. The van der Waals surface area contributed by atoms with Gasteiger partial charge in [-0.25, -0.2) is 13.6 Å². The number of hydrogen-bond donors (Lipinski definition) is 2. The number of aromatic carboxylic acids is 1. The first-order valence-corrected chi connectivity index (χ1v) is 5.57. The van der Waals surface area contributed by atoms with Crippen LogP contribution in [-0.2, 0) is 4.79 Å². The monoisotopic (exact) mass is 269 g/mol. The second kappa shape index (κ2) is 6.08. The largest absolute Gasteiger partial charge is 0.478 e. The minimum Gasteiger partial charge on any atom is -0.478 e. The number of nitrogens with one attached hydrogen (secondary N) is 1. The summed E-state index contributed by atoms with van der Waals surface area (Å²) < 4.78 is 26.1. The van der Waals surface area contributed by atoms with Crippen LogP contribution in [0.3, 0.4) is 0 Å². The maximum Gasteiger partial charge on any atom is 0.337 e. The highest BCUT2D eigenvalue weighted by molar-refractivity contribution is 6.07. The fourth-order valence-electron chi connectivity index (χ4n) is 1.45. The fraction of sp³-hybridized carbons (Fsp3) is 0.231. The number of rotatable bonds is 4. The van der Waals surface area contributed by atoms with Gasteiger partial charge in [0.2, 0.25) is 0 Å². The molecule has 1 amide bonds. The predicted molar refractivity (Wildman–Crippen MR) is 66.0 cm³/mol. The van der Waals surface area contributed by atoms with Crippen molar-refractivity contribution in [1.29, 1.82) is 0 Å². The normalized spacial score (nSPS) is 11.3. The molecule has 19 heavy (non-hydrogen) atoms. The van der Waals surface area contributed by atoms with Crippen molar-refractivity contribution in [2.75, 3.05) is 5.32 Å². The summed E-state index contributed by atoms with van der Waals surface area (Å²) >= 11 is 0. The number of hydrogen-bond acceptors (Lipinski definition) is 2. The highest BCUT2D eigenvalue weighted by Crippen LogP contribution is 2.20. The van der Waals surface area contributed by atoms with Gasteiger partial charge in [0.15, 0.2) is 11.6 Å². The number of carboxylic acids is 1. The number of halogens is 2. The summed E-state index contributed by atoms with van der Waals surface area (Å²) in [6, 6.07) is 1.18. The molecule has 0 aliphatic rings. The minimum atomic E-state index is -1.45. The Hall–Kier alpha value is -2.24. The van der Waals surface area contributed by atoms with Crippen LogP contribution in [0.4, 0.5) is 14.5 Å². The van der Waals surface area contributed by atoms with Crippen LogP contribution in [0, 0.1) is 11.6 Å². The molecule has 0 heterocycles. The molecule has 0 aliphatic heterocycles. The van der Waals surface area contributed by atoms with Crippen LogP contribution in [0.25, 0.3) is 0 Å². The van der Waals surface area contributed by atoms with Gasteiger partial charge in [-0.2, -0.15) is 0 Å². The van der Waals surface area contributed by atoms with Crippen LogP contribution in [-0.4, -0.2) is 17.0 Å². The van der Waals surface area contributed by atoms with Crippen molar-refractivity contribution >= 4 is 17.6 Å². The minimum absolute atomic E-state index is 0.278. The smallest absolute Gasteiger partial charge is 0.337 e. The Labute approximate surface area is 108 Å². The number of anilines is 1. The third kappa shape index (κ3) is 3.61. The molecule has 102 valence electrons. The fourth-order valence-corrected chi connectivity index (χ4v) is 1.45. The topological polar surface area (TPSA) is 66.4 Å². The zero-order valence-electron chi connectivity index (χ0n) is 10.5. The first-order chi connectivity index (χ1) is 8.86. The summed E-state index contributed by atoms with van der Waals surface area (Å²) in [5.74, 6) is -4.52. The highest BCUT2D eigenvalue weighted by atomic mass is 19.2. The second-order valence-electron chi connectivity index (χ2n) is 3.87. The van der Waals surface area contributed by atoms with Crippen molar-refractivity contribution in [2.24, 2.45) is 0 Å². The molecule has 0 bridgehead atoms. The third-order valence-corrected chi connectivity index (χ3v) is 2.41. The van der Waals surface area contributed by atoms with E-state index in [0.717, 1.165) is 0 Å². The van der Waals surface area contributed by atoms with E-state index >= 15 is 0 Å². The molecule has 1 rings (SSSR count). The molecule has 0 aromatic heterocycles. The van der Waals surface area contributed by atoms with Crippen molar-refractivity contribution in [1.82, 2.24) is 0 Å². The lowest BCUT2D eigenvalue weighted by Gasteiger charge is -2.09. The Balaban J connectivity index is 3.13. The molecule has 0 radical (unpaired) electrons. The molecule has 2 N–H and O–H groups in total. The average molecular weight is 269 g/mol. The van der Waals surface area contributed by atoms with Gasteiger partial charge in [0.05, 0.1) is 11.3 Å². The quantitative estimate of drug-likeness (QED) is 0.826. The van der Waals surface area contributed by atoms with Gasteiger partial charge in [0, 0.05) is 11.6 Å². The molecule has 4 nitrogen and oxygen atoms in total. The van der Waals surface area contributed by atoms with E-state index in [-0.39, 0.29) is 5.69 Å². The van der Waals surface area contributed by atoms with Gasteiger partial charge in [0.25, 0.3) is 5.91 Å². The SMILES string of the molecule is CCC=C(C)C(=O)Nc1cc(F)c(F)cc1C(=O)O. The number of amides is 1. The van der Waals surface area contributed by atoms with Crippen LogP contribution >= 0.6 is 0 Å². The predicted octanol–water partition coefficient (Wildman–Crippen LogP) is 2.96. The second-order valence-corrected chi connectivity index (χ2v) is 3.87. The zero-order valence-corrected chi connectivity index (χ0v) is 10.5. The Kier molecular flexibility index (Phi) is 4.74. The number of carboxylic acid groups (broad SMARTS) is 1. The van der Waals surface area contributed by atoms with Crippen LogP contribution in [0.1, 0.15) is 30.6 Å². The van der Waals surface area contributed by atoms with E-state index in [1.165, 1.54) is 0 Å². The van der Waals surface area contributed by atoms with E-state index in [0.29, 0.717) is 24.1 Å².